The van der Waals surface area contributed by atoms with Crippen molar-refractivity contribution >= 4 is 12.0 Å². The molecule has 82 valence electrons. The van der Waals surface area contributed by atoms with Crippen molar-refractivity contribution in [3.63, 3.8) is 0 Å². The van der Waals surface area contributed by atoms with Crippen LogP contribution in [-0.2, 0) is 4.79 Å². The molecule has 0 spiro atoms. The zero-order chi connectivity index (χ0) is 10.9. The van der Waals surface area contributed by atoms with Crippen molar-refractivity contribution in [2.45, 2.75) is 25.3 Å². The second kappa shape index (κ2) is 7.01. The molecule has 0 unspecified atom stereocenters. The molecule has 0 radical (unpaired) electrons. The normalized spacial score (nSPS) is 12.1. The number of aldehydes is 1. The van der Waals surface area contributed by atoms with Gasteiger partial charge in [-0.2, -0.15) is 0 Å². The zero-order valence-corrected chi connectivity index (χ0v) is 8.86. The van der Waals surface area contributed by atoms with Gasteiger partial charge >= 0.3 is 0 Å². The number of hydrogen-bond donors (Lipinski definition) is 2. The smallest absolute Gasteiger partial charge is 0.142 e. The molecule has 0 saturated heterocycles. The summed E-state index contributed by atoms with van der Waals surface area (Å²) in [4.78, 5) is 10.8. The van der Waals surface area contributed by atoms with Crippen LogP contribution in [0, 0.1) is 0 Å². The molecule has 15 heavy (non-hydrogen) atoms. The van der Waals surface area contributed by atoms with E-state index in [2.05, 4.69) is 5.32 Å². The van der Waals surface area contributed by atoms with Gasteiger partial charge in [0.25, 0.3) is 0 Å². The molecule has 1 atom stereocenters. The van der Waals surface area contributed by atoms with Crippen molar-refractivity contribution in [1.82, 2.24) is 0 Å². The molecule has 0 bridgehead atoms. The molecule has 3 N–H and O–H groups in total. The van der Waals surface area contributed by atoms with Gasteiger partial charge in [-0.15, -0.1) is 0 Å². The number of carbonyl (C=O) groups excluding carboxylic acids is 1. The van der Waals surface area contributed by atoms with Gasteiger partial charge in [0.05, 0.1) is 6.04 Å². The van der Waals surface area contributed by atoms with Crippen molar-refractivity contribution in [3.05, 3.63) is 30.3 Å². The SMILES string of the molecule is NCCCC[C@H](C=O)Nc1ccccc1. The second-order valence-corrected chi connectivity index (χ2v) is 3.54. The van der Waals surface area contributed by atoms with Gasteiger partial charge in [-0.3, -0.25) is 0 Å². The molecule has 3 heteroatoms. The summed E-state index contributed by atoms with van der Waals surface area (Å²) in [7, 11) is 0. The summed E-state index contributed by atoms with van der Waals surface area (Å²) < 4.78 is 0. The number of benzene rings is 1. The lowest BCUT2D eigenvalue weighted by Crippen LogP contribution is -2.21. The average Bonchev–Trinajstić information content (AvgIpc) is 2.29. The first-order valence-electron chi connectivity index (χ1n) is 5.33. The van der Waals surface area contributed by atoms with Crippen LogP contribution in [0.1, 0.15) is 19.3 Å². The van der Waals surface area contributed by atoms with Crippen LogP contribution in [0.4, 0.5) is 5.69 Å². The lowest BCUT2D eigenvalue weighted by Gasteiger charge is -2.13. The molecular weight excluding hydrogens is 188 g/mol. The van der Waals surface area contributed by atoms with Gasteiger partial charge in [0, 0.05) is 5.69 Å². The topological polar surface area (TPSA) is 55.1 Å². The van der Waals surface area contributed by atoms with E-state index in [0.717, 1.165) is 31.2 Å². The van der Waals surface area contributed by atoms with Crippen LogP contribution in [0.25, 0.3) is 0 Å². The molecule has 0 fully saturated rings. The van der Waals surface area contributed by atoms with Crippen LogP contribution in [0.2, 0.25) is 0 Å². The number of anilines is 1. The minimum atomic E-state index is -0.0982. The average molecular weight is 206 g/mol. The number of rotatable bonds is 7. The Bertz CT molecular complexity index is 274. The highest BCUT2D eigenvalue weighted by molar-refractivity contribution is 5.64. The third kappa shape index (κ3) is 4.61. The highest BCUT2D eigenvalue weighted by atomic mass is 16.1. The molecular formula is C12H18N2O. The van der Waals surface area contributed by atoms with Crippen LogP contribution in [0.5, 0.6) is 0 Å². The number of hydrogen-bond acceptors (Lipinski definition) is 3. The van der Waals surface area contributed by atoms with E-state index in [4.69, 9.17) is 5.73 Å². The Morgan fingerprint density at radius 1 is 1.27 bits per heavy atom. The van der Waals surface area contributed by atoms with E-state index in [9.17, 15) is 4.79 Å². The number of para-hydroxylation sites is 1. The highest BCUT2D eigenvalue weighted by Crippen LogP contribution is 2.09. The molecule has 1 aromatic rings. The van der Waals surface area contributed by atoms with Crippen molar-refractivity contribution in [3.8, 4) is 0 Å². The van der Waals surface area contributed by atoms with Gasteiger partial charge in [-0.1, -0.05) is 18.2 Å². The summed E-state index contributed by atoms with van der Waals surface area (Å²) in [6, 6.07) is 9.67. The molecule has 3 nitrogen and oxygen atoms in total. The molecule has 1 aromatic carbocycles. The first-order valence-corrected chi connectivity index (χ1v) is 5.33. The predicted molar refractivity (Wildman–Crippen MR) is 62.8 cm³/mol. The van der Waals surface area contributed by atoms with E-state index >= 15 is 0 Å². The standard InChI is InChI=1S/C12H18N2O/c13-9-5-4-8-12(10-15)14-11-6-2-1-3-7-11/h1-3,6-7,10,12,14H,4-5,8-9,13H2/t12-/m1/s1. The number of carbonyl (C=O) groups is 1. The fourth-order valence-electron chi connectivity index (χ4n) is 1.43. The van der Waals surface area contributed by atoms with Gasteiger partial charge in [0.2, 0.25) is 0 Å². The summed E-state index contributed by atoms with van der Waals surface area (Å²) in [6.07, 6.45) is 3.76. The Hall–Kier alpha value is -1.35. The van der Waals surface area contributed by atoms with Gasteiger partial charge in [0.1, 0.15) is 6.29 Å². The van der Waals surface area contributed by atoms with Crippen LogP contribution in [-0.4, -0.2) is 18.9 Å². The Balaban J connectivity index is 2.37. The minimum Gasteiger partial charge on any atom is -0.376 e. The predicted octanol–water partition coefficient (Wildman–Crippen LogP) is 1.79. The van der Waals surface area contributed by atoms with Crippen LogP contribution in [0.3, 0.4) is 0 Å². The fraction of sp³-hybridized carbons (Fsp3) is 0.417. The Labute approximate surface area is 90.7 Å². The van der Waals surface area contributed by atoms with Crippen molar-refractivity contribution < 1.29 is 4.79 Å². The number of unbranched alkanes of at least 4 members (excludes halogenated alkanes) is 1. The fourth-order valence-corrected chi connectivity index (χ4v) is 1.43. The molecule has 1 rings (SSSR count). The maximum Gasteiger partial charge on any atom is 0.142 e. The summed E-state index contributed by atoms with van der Waals surface area (Å²) in [5, 5.41) is 3.18. The van der Waals surface area contributed by atoms with E-state index in [1.807, 2.05) is 30.3 Å². The maximum atomic E-state index is 10.8. The molecule has 0 saturated carbocycles. The first-order chi connectivity index (χ1) is 7.36. The van der Waals surface area contributed by atoms with E-state index in [1.54, 1.807) is 0 Å². The Morgan fingerprint density at radius 3 is 2.60 bits per heavy atom. The van der Waals surface area contributed by atoms with Crippen LogP contribution in [0.15, 0.2) is 30.3 Å². The van der Waals surface area contributed by atoms with Gasteiger partial charge in [-0.05, 0) is 37.9 Å². The van der Waals surface area contributed by atoms with E-state index in [-0.39, 0.29) is 6.04 Å². The van der Waals surface area contributed by atoms with Gasteiger partial charge < -0.3 is 15.8 Å². The Kier molecular flexibility index (Phi) is 5.48. The van der Waals surface area contributed by atoms with Crippen LogP contribution >= 0.6 is 0 Å². The second-order valence-electron chi connectivity index (χ2n) is 3.54. The largest absolute Gasteiger partial charge is 0.376 e. The van der Waals surface area contributed by atoms with Crippen molar-refractivity contribution in [1.29, 1.82) is 0 Å². The number of nitrogens with two attached hydrogens (primary N) is 1. The zero-order valence-electron chi connectivity index (χ0n) is 8.86. The van der Waals surface area contributed by atoms with Crippen LogP contribution < -0.4 is 11.1 Å². The van der Waals surface area contributed by atoms with E-state index in [1.165, 1.54) is 0 Å². The summed E-state index contributed by atoms with van der Waals surface area (Å²) >= 11 is 0. The summed E-state index contributed by atoms with van der Waals surface area (Å²) in [5.74, 6) is 0. The third-order valence-electron chi connectivity index (χ3n) is 2.26. The molecule has 0 aliphatic carbocycles. The Morgan fingerprint density at radius 2 is 2.00 bits per heavy atom. The van der Waals surface area contributed by atoms with E-state index in [0.29, 0.717) is 6.54 Å². The van der Waals surface area contributed by atoms with Gasteiger partial charge in [-0.25, -0.2) is 0 Å². The summed E-state index contributed by atoms with van der Waals surface area (Å²) in [6.45, 7) is 0.691. The minimum absolute atomic E-state index is 0.0982. The van der Waals surface area contributed by atoms with E-state index < -0.39 is 0 Å². The number of nitrogens with one attached hydrogen (secondary N) is 1. The first kappa shape index (κ1) is 11.7. The molecule has 0 heterocycles. The van der Waals surface area contributed by atoms with Crippen molar-refractivity contribution in [2.24, 2.45) is 5.73 Å². The lowest BCUT2D eigenvalue weighted by molar-refractivity contribution is -0.108. The molecule has 0 amide bonds. The third-order valence-corrected chi connectivity index (χ3v) is 2.26. The quantitative estimate of drug-likeness (QED) is 0.528. The molecule has 0 aromatic heterocycles. The lowest BCUT2D eigenvalue weighted by atomic mass is 10.1. The highest BCUT2D eigenvalue weighted by Gasteiger charge is 2.05. The monoisotopic (exact) mass is 206 g/mol. The summed E-state index contributed by atoms with van der Waals surface area (Å²) in [5.41, 5.74) is 6.39. The maximum absolute atomic E-state index is 10.8. The van der Waals surface area contributed by atoms with Gasteiger partial charge in [0.15, 0.2) is 0 Å². The molecule has 0 aliphatic heterocycles. The molecule has 0 aliphatic rings. The van der Waals surface area contributed by atoms with Crippen molar-refractivity contribution in [2.75, 3.05) is 11.9 Å².